The van der Waals surface area contributed by atoms with Crippen molar-refractivity contribution in [3.63, 3.8) is 0 Å². The number of nitrogens with one attached hydrogen (secondary N) is 1. The van der Waals surface area contributed by atoms with Crippen molar-refractivity contribution in [2.75, 3.05) is 0 Å². The lowest BCUT2D eigenvalue weighted by atomic mass is 10.1. The predicted molar refractivity (Wildman–Crippen MR) is 74.7 cm³/mol. The number of rotatable bonds is 4. The van der Waals surface area contributed by atoms with Crippen molar-refractivity contribution in [2.45, 2.75) is 32.7 Å². The maximum Gasteiger partial charge on any atom is 0.141 e. The Balaban J connectivity index is 2.05. The molecule has 0 saturated heterocycles. The van der Waals surface area contributed by atoms with Gasteiger partial charge in [0, 0.05) is 23.3 Å². The molecule has 0 unspecified atom stereocenters. The molecule has 0 saturated carbocycles. The van der Waals surface area contributed by atoms with Gasteiger partial charge in [-0.1, -0.05) is 13.8 Å². The van der Waals surface area contributed by atoms with E-state index in [0.29, 0.717) is 6.04 Å². The lowest BCUT2D eigenvalue weighted by Gasteiger charge is -2.12. The largest absolute Gasteiger partial charge is 0.346 e. The van der Waals surface area contributed by atoms with E-state index in [4.69, 9.17) is 0 Å². The highest BCUT2D eigenvalue weighted by molar-refractivity contribution is 5.89. The van der Waals surface area contributed by atoms with E-state index >= 15 is 0 Å². The molecule has 19 heavy (non-hydrogen) atoms. The zero-order chi connectivity index (χ0) is 13.2. The van der Waals surface area contributed by atoms with E-state index in [1.165, 1.54) is 0 Å². The van der Waals surface area contributed by atoms with E-state index in [-0.39, 0.29) is 0 Å². The minimum absolute atomic E-state index is 0.456. The zero-order valence-electron chi connectivity index (χ0n) is 11.2. The Morgan fingerprint density at radius 1 is 1.26 bits per heavy atom. The molecule has 0 aliphatic heterocycles. The number of fused-ring (bicyclic) bond motifs is 1. The molecule has 3 aromatic rings. The number of hydrogen-bond donors (Lipinski definition) is 1. The quantitative estimate of drug-likeness (QED) is 0.779. The molecule has 5 nitrogen and oxygen atoms in total. The van der Waals surface area contributed by atoms with Crippen LogP contribution in [0.1, 0.15) is 32.7 Å². The normalized spacial score (nSPS) is 11.5. The van der Waals surface area contributed by atoms with E-state index < -0.39 is 0 Å². The molecule has 5 heteroatoms. The summed E-state index contributed by atoms with van der Waals surface area (Å²) in [5.74, 6) is 0. The van der Waals surface area contributed by atoms with Crippen LogP contribution in [0.2, 0.25) is 0 Å². The van der Waals surface area contributed by atoms with Gasteiger partial charge in [0.05, 0.1) is 17.9 Å². The Labute approximate surface area is 111 Å². The van der Waals surface area contributed by atoms with E-state index in [2.05, 4.69) is 40.1 Å². The van der Waals surface area contributed by atoms with Crippen LogP contribution < -0.4 is 0 Å². The molecule has 0 fully saturated rings. The van der Waals surface area contributed by atoms with Crippen LogP contribution in [0.3, 0.4) is 0 Å². The molecular formula is C14H17N5. The van der Waals surface area contributed by atoms with E-state index in [9.17, 15) is 0 Å². The minimum atomic E-state index is 0.456. The van der Waals surface area contributed by atoms with Crippen molar-refractivity contribution in [3.05, 3.63) is 31.0 Å². The van der Waals surface area contributed by atoms with Crippen molar-refractivity contribution in [2.24, 2.45) is 0 Å². The Morgan fingerprint density at radius 3 is 2.89 bits per heavy atom. The predicted octanol–water partition coefficient (Wildman–Crippen LogP) is 3.18. The van der Waals surface area contributed by atoms with Crippen molar-refractivity contribution in [1.82, 2.24) is 24.7 Å². The molecule has 0 aliphatic rings. The maximum atomic E-state index is 4.47. The molecule has 98 valence electrons. The van der Waals surface area contributed by atoms with Gasteiger partial charge in [-0.2, -0.15) is 5.10 Å². The number of nitrogens with zero attached hydrogens (tertiary/aromatic N) is 4. The van der Waals surface area contributed by atoms with Crippen LogP contribution in [-0.2, 0) is 0 Å². The second kappa shape index (κ2) is 4.84. The molecule has 0 aromatic carbocycles. The first-order valence-electron chi connectivity index (χ1n) is 6.66. The fraction of sp³-hybridized carbons (Fsp3) is 0.357. The third-order valence-electron chi connectivity index (χ3n) is 3.55. The average molecular weight is 255 g/mol. The van der Waals surface area contributed by atoms with E-state index in [1.807, 2.05) is 23.1 Å². The smallest absolute Gasteiger partial charge is 0.141 e. The Hall–Kier alpha value is -2.17. The monoisotopic (exact) mass is 255 g/mol. The van der Waals surface area contributed by atoms with Gasteiger partial charge < -0.3 is 4.98 Å². The van der Waals surface area contributed by atoms with Crippen LogP contribution in [0.4, 0.5) is 0 Å². The summed E-state index contributed by atoms with van der Waals surface area (Å²) < 4.78 is 2.04. The van der Waals surface area contributed by atoms with Gasteiger partial charge in [-0.3, -0.25) is 4.68 Å². The summed E-state index contributed by atoms with van der Waals surface area (Å²) in [6, 6.07) is 2.45. The van der Waals surface area contributed by atoms with Crippen LogP contribution >= 0.6 is 0 Å². The zero-order valence-corrected chi connectivity index (χ0v) is 11.2. The van der Waals surface area contributed by atoms with Crippen LogP contribution in [-0.4, -0.2) is 24.7 Å². The molecule has 0 atom stereocenters. The summed E-state index contributed by atoms with van der Waals surface area (Å²) in [4.78, 5) is 11.7. The summed E-state index contributed by atoms with van der Waals surface area (Å²) in [6.45, 7) is 4.37. The summed E-state index contributed by atoms with van der Waals surface area (Å²) in [5, 5.41) is 5.51. The first-order valence-corrected chi connectivity index (χ1v) is 6.66. The lowest BCUT2D eigenvalue weighted by Crippen LogP contribution is -2.06. The Bertz CT molecular complexity index is 678. The number of aromatic amines is 1. The third-order valence-corrected chi connectivity index (χ3v) is 3.55. The van der Waals surface area contributed by atoms with E-state index in [0.717, 1.165) is 35.1 Å². The molecule has 3 heterocycles. The van der Waals surface area contributed by atoms with Gasteiger partial charge >= 0.3 is 0 Å². The number of aromatic nitrogens is 5. The second-order valence-electron chi connectivity index (χ2n) is 4.64. The fourth-order valence-electron chi connectivity index (χ4n) is 2.43. The van der Waals surface area contributed by atoms with Gasteiger partial charge in [0.25, 0.3) is 0 Å². The summed E-state index contributed by atoms with van der Waals surface area (Å²) in [7, 11) is 0. The maximum absolute atomic E-state index is 4.47. The van der Waals surface area contributed by atoms with Crippen molar-refractivity contribution in [1.29, 1.82) is 0 Å². The standard InChI is InChI=1S/C14H17N5/c1-3-11(4-2)19-8-10(7-18-19)13-12-5-6-15-14(12)17-9-16-13/h5-9,11H,3-4H2,1-2H3,(H,15,16,17). The second-order valence-corrected chi connectivity index (χ2v) is 4.64. The molecule has 3 aromatic heterocycles. The van der Waals surface area contributed by atoms with Gasteiger partial charge in [-0.25, -0.2) is 9.97 Å². The van der Waals surface area contributed by atoms with Crippen LogP contribution in [0.25, 0.3) is 22.3 Å². The molecular weight excluding hydrogens is 238 g/mol. The molecule has 0 amide bonds. The molecule has 3 rings (SSSR count). The summed E-state index contributed by atoms with van der Waals surface area (Å²) in [5.41, 5.74) is 2.84. The van der Waals surface area contributed by atoms with Crippen molar-refractivity contribution in [3.8, 4) is 11.3 Å². The molecule has 0 spiro atoms. The molecule has 0 bridgehead atoms. The highest BCUT2D eigenvalue weighted by Crippen LogP contribution is 2.25. The minimum Gasteiger partial charge on any atom is -0.346 e. The number of hydrogen-bond acceptors (Lipinski definition) is 3. The van der Waals surface area contributed by atoms with Crippen LogP contribution in [0, 0.1) is 0 Å². The first kappa shape index (κ1) is 11.9. The average Bonchev–Trinajstić information content (AvgIpc) is 3.08. The summed E-state index contributed by atoms with van der Waals surface area (Å²) in [6.07, 6.45) is 9.60. The van der Waals surface area contributed by atoms with Crippen molar-refractivity contribution >= 4 is 11.0 Å². The Morgan fingerprint density at radius 2 is 2.11 bits per heavy atom. The SMILES string of the molecule is CCC(CC)n1cc(-c2ncnc3[nH]ccc23)cn1. The van der Waals surface area contributed by atoms with Gasteiger partial charge in [0.15, 0.2) is 0 Å². The first-order chi connectivity index (χ1) is 9.33. The topological polar surface area (TPSA) is 59.4 Å². The van der Waals surface area contributed by atoms with Crippen LogP contribution in [0.15, 0.2) is 31.0 Å². The van der Waals surface area contributed by atoms with Gasteiger partial charge in [-0.05, 0) is 18.9 Å². The summed E-state index contributed by atoms with van der Waals surface area (Å²) >= 11 is 0. The highest BCUT2D eigenvalue weighted by atomic mass is 15.3. The van der Waals surface area contributed by atoms with E-state index in [1.54, 1.807) is 6.33 Å². The van der Waals surface area contributed by atoms with Gasteiger partial charge in [0.1, 0.15) is 12.0 Å². The van der Waals surface area contributed by atoms with Gasteiger partial charge in [0.2, 0.25) is 0 Å². The van der Waals surface area contributed by atoms with Gasteiger partial charge in [-0.15, -0.1) is 0 Å². The van der Waals surface area contributed by atoms with Crippen molar-refractivity contribution < 1.29 is 0 Å². The highest BCUT2D eigenvalue weighted by Gasteiger charge is 2.12. The molecule has 0 aliphatic carbocycles. The third kappa shape index (κ3) is 2.01. The lowest BCUT2D eigenvalue weighted by molar-refractivity contribution is 0.428. The molecule has 1 N–H and O–H groups in total. The van der Waals surface area contributed by atoms with Crippen LogP contribution in [0.5, 0.6) is 0 Å². The number of H-pyrrole nitrogens is 1. The molecule has 0 radical (unpaired) electrons. The Kier molecular flexibility index (Phi) is 3.03. The fourth-order valence-corrected chi connectivity index (χ4v) is 2.43.